The zero-order chi connectivity index (χ0) is 8.15. The van der Waals surface area contributed by atoms with Crippen LogP contribution in [0.15, 0.2) is 0 Å². The third-order valence-electron chi connectivity index (χ3n) is 2.16. The van der Waals surface area contributed by atoms with Gasteiger partial charge >= 0.3 is 0 Å². The minimum Gasteiger partial charge on any atom is -0.388 e. The summed E-state index contributed by atoms with van der Waals surface area (Å²) in [5, 5.41) is 7.07. The highest BCUT2D eigenvalue weighted by Crippen LogP contribution is 2.17. The van der Waals surface area contributed by atoms with Gasteiger partial charge in [-0.15, -0.1) is 0 Å². The molecule has 0 fully saturated rings. The summed E-state index contributed by atoms with van der Waals surface area (Å²) in [6, 6.07) is 0. The van der Waals surface area contributed by atoms with E-state index >= 15 is 0 Å². The van der Waals surface area contributed by atoms with Crippen LogP contribution in [0.4, 0.5) is 0 Å². The maximum absolute atomic E-state index is 7.07. The van der Waals surface area contributed by atoms with E-state index in [0.717, 1.165) is 6.42 Å². The van der Waals surface area contributed by atoms with Crippen LogP contribution < -0.4 is 5.73 Å². The van der Waals surface area contributed by atoms with Gasteiger partial charge in [-0.3, -0.25) is 5.41 Å². The van der Waals surface area contributed by atoms with E-state index in [4.69, 9.17) is 11.1 Å². The first-order chi connectivity index (χ1) is 4.57. The molecule has 0 aliphatic carbocycles. The molecule has 0 saturated heterocycles. The van der Waals surface area contributed by atoms with E-state index in [2.05, 4.69) is 20.8 Å². The molecule has 2 heteroatoms. The fourth-order valence-electron chi connectivity index (χ4n) is 0.950. The fraction of sp³-hybridized carbons (Fsp3) is 0.875. The summed E-state index contributed by atoms with van der Waals surface area (Å²) >= 11 is 0. The summed E-state index contributed by atoms with van der Waals surface area (Å²) in [4.78, 5) is 0. The molecule has 0 aromatic rings. The van der Waals surface area contributed by atoms with Crippen LogP contribution in [0.1, 0.15) is 33.6 Å². The quantitative estimate of drug-likeness (QED) is 0.457. The standard InChI is InChI=1S/C8H18N2/c1-4-6(2)7(3)5-8(9)10/h6-7H,4-5H2,1-3H3,(H3,9,10). The molecular weight excluding hydrogens is 124 g/mol. The lowest BCUT2D eigenvalue weighted by Gasteiger charge is -2.16. The molecule has 0 spiro atoms. The summed E-state index contributed by atoms with van der Waals surface area (Å²) in [5.41, 5.74) is 5.27. The lowest BCUT2D eigenvalue weighted by atomic mass is 9.90. The van der Waals surface area contributed by atoms with Crippen LogP contribution in [0.25, 0.3) is 0 Å². The Hall–Kier alpha value is -0.530. The SMILES string of the molecule is CCC(C)C(C)CC(=N)N. The first-order valence-electron chi connectivity index (χ1n) is 3.90. The number of rotatable bonds is 4. The van der Waals surface area contributed by atoms with Gasteiger partial charge in [0.05, 0.1) is 5.84 Å². The molecule has 0 bridgehead atoms. The van der Waals surface area contributed by atoms with Crippen molar-refractivity contribution in [1.82, 2.24) is 0 Å². The van der Waals surface area contributed by atoms with Gasteiger partial charge < -0.3 is 5.73 Å². The molecular formula is C8H18N2. The van der Waals surface area contributed by atoms with Crippen molar-refractivity contribution in [2.75, 3.05) is 0 Å². The van der Waals surface area contributed by atoms with E-state index in [-0.39, 0.29) is 0 Å². The Morgan fingerprint density at radius 2 is 1.90 bits per heavy atom. The maximum Gasteiger partial charge on any atom is 0.0908 e. The van der Waals surface area contributed by atoms with Crippen molar-refractivity contribution >= 4 is 5.84 Å². The summed E-state index contributed by atoms with van der Waals surface area (Å²) in [6.45, 7) is 6.52. The van der Waals surface area contributed by atoms with Crippen LogP contribution in [0.3, 0.4) is 0 Å². The molecule has 0 aromatic heterocycles. The first kappa shape index (κ1) is 9.47. The van der Waals surface area contributed by atoms with E-state index in [1.54, 1.807) is 0 Å². The second-order valence-electron chi connectivity index (χ2n) is 3.09. The molecule has 2 unspecified atom stereocenters. The van der Waals surface area contributed by atoms with Crippen molar-refractivity contribution in [2.24, 2.45) is 17.6 Å². The molecule has 0 heterocycles. The first-order valence-corrected chi connectivity index (χ1v) is 3.90. The van der Waals surface area contributed by atoms with Crippen molar-refractivity contribution in [3.05, 3.63) is 0 Å². The number of hydrogen-bond donors (Lipinski definition) is 2. The van der Waals surface area contributed by atoms with Crippen molar-refractivity contribution in [2.45, 2.75) is 33.6 Å². The zero-order valence-electron chi connectivity index (χ0n) is 7.15. The van der Waals surface area contributed by atoms with Gasteiger partial charge in [0.15, 0.2) is 0 Å². The summed E-state index contributed by atoms with van der Waals surface area (Å²) in [7, 11) is 0. The Balaban J connectivity index is 3.61. The number of hydrogen-bond acceptors (Lipinski definition) is 1. The smallest absolute Gasteiger partial charge is 0.0908 e. The number of amidine groups is 1. The molecule has 0 aromatic carbocycles. The largest absolute Gasteiger partial charge is 0.388 e. The molecule has 0 amide bonds. The summed E-state index contributed by atoms with van der Waals surface area (Å²) < 4.78 is 0. The third kappa shape index (κ3) is 3.49. The average molecular weight is 142 g/mol. The van der Waals surface area contributed by atoms with E-state index in [1.165, 1.54) is 6.42 Å². The van der Waals surface area contributed by atoms with Crippen LogP contribution in [-0.2, 0) is 0 Å². The summed E-state index contributed by atoms with van der Waals surface area (Å²) in [6.07, 6.45) is 1.92. The van der Waals surface area contributed by atoms with Gasteiger partial charge in [-0.25, -0.2) is 0 Å². The molecule has 2 atom stereocenters. The molecule has 10 heavy (non-hydrogen) atoms. The Kier molecular flexibility index (Phi) is 4.08. The van der Waals surface area contributed by atoms with E-state index in [0.29, 0.717) is 17.7 Å². The van der Waals surface area contributed by atoms with E-state index in [1.807, 2.05) is 0 Å². The Labute approximate surface area is 63.3 Å². The van der Waals surface area contributed by atoms with Gasteiger partial charge in [0.25, 0.3) is 0 Å². The maximum atomic E-state index is 7.07. The lowest BCUT2D eigenvalue weighted by Crippen LogP contribution is -2.17. The van der Waals surface area contributed by atoms with Crippen molar-refractivity contribution in [3.8, 4) is 0 Å². The zero-order valence-corrected chi connectivity index (χ0v) is 7.15. The van der Waals surface area contributed by atoms with Crippen LogP contribution in [-0.4, -0.2) is 5.84 Å². The van der Waals surface area contributed by atoms with Crippen molar-refractivity contribution in [3.63, 3.8) is 0 Å². The van der Waals surface area contributed by atoms with Gasteiger partial charge in [0.1, 0.15) is 0 Å². The van der Waals surface area contributed by atoms with Crippen LogP contribution in [0.2, 0.25) is 0 Å². The minimum atomic E-state index is 0.313. The predicted molar refractivity (Wildman–Crippen MR) is 45.2 cm³/mol. The Morgan fingerprint density at radius 3 is 2.20 bits per heavy atom. The van der Waals surface area contributed by atoms with Crippen molar-refractivity contribution < 1.29 is 0 Å². The van der Waals surface area contributed by atoms with Gasteiger partial charge in [-0.05, 0) is 11.8 Å². The number of nitrogens with one attached hydrogen (secondary N) is 1. The highest BCUT2D eigenvalue weighted by Gasteiger charge is 2.10. The molecule has 0 radical (unpaired) electrons. The number of nitrogens with two attached hydrogens (primary N) is 1. The second kappa shape index (κ2) is 4.31. The van der Waals surface area contributed by atoms with Gasteiger partial charge in [-0.2, -0.15) is 0 Å². The molecule has 3 N–H and O–H groups in total. The third-order valence-corrected chi connectivity index (χ3v) is 2.16. The van der Waals surface area contributed by atoms with E-state index < -0.39 is 0 Å². The van der Waals surface area contributed by atoms with Crippen molar-refractivity contribution in [1.29, 1.82) is 5.41 Å². The molecule has 0 aliphatic rings. The van der Waals surface area contributed by atoms with Crippen LogP contribution in [0.5, 0.6) is 0 Å². The second-order valence-corrected chi connectivity index (χ2v) is 3.09. The van der Waals surface area contributed by atoms with Crippen LogP contribution in [0, 0.1) is 17.2 Å². The predicted octanol–water partition coefficient (Wildman–Crippen LogP) is 1.99. The highest BCUT2D eigenvalue weighted by molar-refractivity contribution is 5.77. The Bertz CT molecular complexity index is 110. The summed E-state index contributed by atoms with van der Waals surface area (Å²) in [5.74, 6) is 1.55. The molecule has 0 rings (SSSR count). The van der Waals surface area contributed by atoms with Gasteiger partial charge in [-0.1, -0.05) is 27.2 Å². The van der Waals surface area contributed by atoms with Gasteiger partial charge in [0.2, 0.25) is 0 Å². The normalized spacial score (nSPS) is 16.3. The minimum absolute atomic E-state index is 0.313. The Morgan fingerprint density at radius 1 is 1.40 bits per heavy atom. The average Bonchev–Trinajstić information content (AvgIpc) is 1.85. The monoisotopic (exact) mass is 142 g/mol. The van der Waals surface area contributed by atoms with Crippen LogP contribution >= 0.6 is 0 Å². The lowest BCUT2D eigenvalue weighted by molar-refractivity contribution is 0.387. The van der Waals surface area contributed by atoms with Gasteiger partial charge in [0, 0.05) is 6.42 Å². The fourth-order valence-corrected chi connectivity index (χ4v) is 0.950. The highest BCUT2D eigenvalue weighted by atomic mass is 14.7. The molecule has 0 aliphatic heterocycles. The molecule has 0 saturated carbocycles. The molecule has 2 nitrogen and oxygen atoms in total. The topological polar surface area (TPSA) is 49.9 Å². The van der Waals surface area contributed by atoms with E-state index in [9.17, 15) is 0 Å². The molecule has 60 valence electrons.